The van der Waals surface area contributed by atoms with Crippen LogP contribution >= 0.6 is 11.3 Å². The van der Waals surface area contributed by atoms with Crippen LogP contribution in [0.1, 0.15) is 23.4 Å². The van der Waals surface area contributed by atoms with Gasteiger partial charge in [-0.15, -0.1) is 11.3 Å². The number of nitrogens with one attached hydrogen (secondary N) is 1. The van der Waals surface area contributed by atoms with Crippen LogP contribution in [-0.4, -0.2) is 39.8 Å². The van der Waals surface area contributed by atoms with Gasteiger partial charge in [0.05, 0.1) is 28.5 Å². The van der Waals surface area contributed by atoms with Gasteiger partial charge in [0.1, 0.15) is 0 Å². The predicted octanol–water partition coefficient (Wildman–Crippen LogP) is 3.30. The van der Waals surface area contributed by atoms with Gasteiger partial charge in [-0.25, -0.2) is 4.98 Å². The quantitative estimate of drug-likeness (QED) is 0.636. The number of pyridine rings is 1. The zero-order valence-electron chi connectivity index (χ0n) is 16.7. The molecule has 1 aliphatic heterocycles. The number of hydrogen-bond acceptors (Lipinski definition) is 5. The van der Waals surface area contributed by atoms with Crippen molar-refractivity contribution < 1.29 is 9.59 Å². The Morgan fingerprint density at radius 3 is 2.77 bits per heavy atom. The fourth-order valence-corrected chi connectivity index (χ4v) is 4.40. The van der Waals surface area contributed by atoms with Crippen LogP contribution in [0.3, 0.4) is 0 Å². The normalized spacial score (nSPS) is 16.5. The molecule has 1 aromatic carbocycles. The highest BCUT2D eigenvalue weighted by molar-refractivity contribution is 7.10. The molecule has 0 spiro atoms. The third-order valence-electron chi connectivity index (χ3n) is 5.35. The number of aromatic nitrogens is 2. The van der Waals surface area contributed by atoms with Gasteiger partial charge in [0.25, 0.3) is 0 Å². The monoisotopic (exact) mass is 420 g/mol. The molecule has 0 saturated carbocycles. The fraction of sp³-hybridized carbons (Fsp3) is 0.304. The summed E-state index contributed by atoms with van der Waals surface area (Å²) in [4.78, 5) is 36.7. The van der Waals surface area contributed by atoms with Crippen LogP contribution in [0.5, 0.6) is 0 Å². The average Bonchev–Trinajstić information content (AvgIpc) is 3.27. The van der Waals surface area contributed by atoms with Gasteiger partial charge < -0.3 is 10.2 Å². The number of likely N-dealkylation sites (tertiary alicyclic amines) is 1. The summed E-state index contributed by atoms with van der Waals surface area (Å²) in [6.07, 6.45) is 3.46. The standard InChI is InChI=1S/C23H24N4O2S/c28-21-10-9-18(15-27(21)13-11-19-8-4-5-12-24-19)23(29)25-14-20-22(26-16-30-20)17-6-2-1-3-7-17/h1-8,12,16,18H,9-11,13-15H2,(H,25,29). The molecule has 1 saturated heterocycles. The largest absolute Gasteiger partial charge is 0.351 e. The smallest absolute Gasteiger partial charge is 0.225 e. The van der Waals surface area contributed by atoms with E-state index < -0.39 is 0 Å². The van der Waals surface area contributed by atoms with E-state index in [1.165, 1.54) is 0 Å². The Kier molecular flexibility index (Phi) is 6.49. The van der Waals surface area contributed by atoms with E-state index in [4.69, 9.17) is 0 Å². The maximum absolute atomic E-state index is 12.8. The van der Waals surface area contributed by atoms with E-state index in [1.54, 1.807) is 22.4 Å². The first-order valence-corrected chi connectivity index (χ1v) is 11.0. The Morgan fingerprint density at radius 1 is 1.13 bits per heavy atom. The molecule has 7 heteroatoms. The van der Waals surface area contributed by atoms with Crippen LogP contribution in [-0.2, 0) is 22.6 Å². The summed E-state index contributed by atoms with van der Waals surface area (Å²) in [6.45, 7) is 1.50. The molecule has 1 fully saturated rings. The highest BCUT2D eigenvalue weighted by Crippen LogP contribution is 2.25. The van der Waals surface area contributed by atoms with Crippen LogP contribution in [0.25, 0.3) is 11.3 Å². The number of thiazole rings is 1. The number of nitrogens with zero attached hydrogens (tertiary/aromatic N) is 3. The number of rotatable bonds is 7. The van der Waals surface area contributed by atoms with E-state index in [-0.39, 0.29) is 17.7 Å². The van der Waals surface area contributed by atoms with Crippen molar-refractivity contribution in [1.29, 1.82) is 0 Å². The van der Waals surface area contributed by atoms with Gasteiger partial charge in [-0.3, -0.25) is 14.6 Å². The minimum absolute atomic E-state index is 0.00209. The van der Waals surface area contributed by atoms with Gasteiger partial charge in [0, 0.05) is 43.4 Å². The van der Waals surface area contributed by atoms with Crippen molar-refractivity contribution >= 4 is 23.2 Å². The van der Waals surface area contributed by atoms with Crippen molar-refractivity contribution in [3.8, 4) is 11.3 Å². The first kappa shape index (κ1) is 20.2. The number of piperidine rings is 1. The van der Waals surface area contributed by atoms with E-state index in [0.717, 1.165) is 21.8 Å². The summed E-state index contributed by atoms with van der Waals surface area (Å²) in [5, 5.41) is 3.06. The Hall–Kier alpha value is -3.06. The number of hydrogen-bond donors (Lipinski definition) is 1. The van der Waals surface area contributed by atoms with Crippen LogP contribution in [0.15, 0.2) is 60.2 Å². The van der Waals surface area contributed by atoms with Crippen LogP contribution in [0, 0.1) is 5.92 Å². The first-order chi connectivity index (χ1) is 14.7. The van der Waals surface area contributed by atoms with E-state index in [2.05, 4.69) is 15.3 Å². The number of carbonyl (C=O) groups is 2. The second-order valence-corrected chi connectivity index (χ2v) is 8.29. The lowest BCUT2D eigenvalue weighted by Gasteiger charge is -2.32. The third-order valence-corrected chi connectivity index (χ3v) is 6.18. The molecule has 1 atom stereocenters. The average molecular weight is 421 g/mol. The predicted molar refractivity (Wildman–Crippen MR) is 117 cm³/mol. The maximum atomic E-state index is 12.8. The minimum Gasteiger partial charge on any atom is -0.351 e. The second kappa shape index (κ2) is 9.63. The first-order valence-electron chi connectivity index (χ1n) is 10.1. The summed E-state index contributed by atoms with van der Waals surface area (Å²) in [7, 11) is 0. The Morgan fingerprint density at radius 2 is 1.97 bits per heavy atom. The lowest BCUT2D eigenvalue weighted by Crippen LogP contribution is -2.46. The molecule has 1 unspecified atom stereocenters. The molecule has 0 radical (unpaired) electrons. The van der Waals surface area contributed by atoms with Crippen molar-refractivity contribution in [1.82, 2.24) is 20.2 Å². The molecule has 6 nitrogen and oxygen atoms in total. The molecule has 1 aliphatic rings. The molecular formula is C23H24N4O2S. The van der Waals surface area contributed by atoms with Crippen molar-refractivity contribution in [3.05, 3.63) is 70.8 Å². The third kappa shape index (κ3) is 4.91. The lowest BCUT2D eigenvalue weighted by atomic mass is 9.96. The Balaban J connectivity index is 1.33. The summed E-state index contributed by atoms with van der Waals surface area (Å²) in [5.74, 6) is -0.0684. The summed E-state index contributed by atoms with van der Waals surface area (Å²) in [5.41, 5.74) is 4.72. The molecule has 0 bridgehead atoms. The molecular weight excluding hydrogens is 396 g/mol. The highest BCUT2D eigenvalue weighted by Gasteiger charge is 2.30. The molecule has 0 aliphatic carbocycles. The SMILES string of the molecule is O=C(NCc1scnc1-c1ccccc1)C1CCC(=O)N(CCc2ccccn2)C1. The summed E-state index contributed by atoms with van der Waals surface area (Å²) < 4.78 is 0. The number of benzene rings is 1. The van der Waals surface area contributed by atoms with E-state index in [1.807, 2.05) is 54.0 Å². The van der Waals surface area contributed by atoms with E-state index in [0.29, 0.717) is 38.9 Å². The Bertz CT molecular complexity index is 991. The van der Waals surface area contributed by atoms with Gasteiger partial charge >= 0.3 is 0 Å². The number of carbonyl (C=O) groups excluding carboxylic acids is 2. The molecule has 1 N–H and O–H groups in total. The molecule has 154 valence electrons. The molecule has 3 heterocycles. The molecule has 3 aromatic rings. The van der Waals surface area contributed by atoms with Gasteiger partial charge in [-0.1, -0.05) is 36.4 Å². The molecule has 2 aromatic heterocycles. The highest BCUT2D eigenvalue weighted by atomic mass is 32.1. The zero-order chi connectivity index (χ0) is 20.8. The van der Waals surface area contributed by atoms with Crippen molar-refractivity contribution in [2.75, 3.05) is 13.1 Å². The Labute approximate surface area is 180 Å². The zero-order valence-corrected chi connectivity index (χ0v) is 17.5. The molecule has 2 amide bonds. The second-order valence-electron chi connectivity index (χ2n) is 7.35. The van der Waals surface area contributed by atoms with Gasteiger partial charge in [0.2, 0.25) is 11.8 Å². The molecule has 4 rings (SSSR count). The lowest BCUT2D eigenvalue weighted by molar-refractivity contribution is -0.138. The summed E-state index contributed by atoms with van der Waals surface area (Å²) in [6, 6.07) is 15.8. The van der Waals surface area contributed by atoms with E-state index in [9.17, 15) is 9.59 Å². The van der Waals surface area contributed by atoms with E-state index >= 15 is 0 Å². The van der Waals surface area contributed by atoms with Crippen molar-refractivity contribution in [2.45, 2.75) is 25.8 Å². The van der Waals surface area contributed by atoms with Crippen LogP contribution in [0.2, 0.25) is 0 Å². The van der Waals surface area contributed by atoms with Crippen molar-refractivity contribution in [2.24, 2.45) is 5.92 Å². The number of amides is 2. The fourth-order valence-electron chi connectivity index (χ4n) is 3.68. The maximum Gasteiger partial charge on any atom is 0.225 e. The van der Waals surface area contributed by atoms with Crippen LogP contribution in [0.4, 0.5) is 0 Å². The van der Waals surface area contributed by atoms with Gasteiger partial charge in [0.15, 0.2) is 0 Å². The van der Waals surface area contributed by atoms with Gasteiger partial charge in [-0.2, -0.15) is 0 Å². The van der Waals surface area contributed by atoms with Crippen molar-refractivity contribution in [3.63, 3.8) is 0 Å². The summed E-state index contributed by atoms with van der Waals surface area (Å²) >= 11 is 1.54. The minimum atomic E-state index is -0.181. The molecule has 30 heavy (non-hydrogen) atoms. The topological polar surface area (TPSA) is 75.2 Å². The van der Waals surface area contributed by atoms with Crippen LogP contribution < -0.4 is 5.32 Å². The van der Waals surface area contributed by atoms with Gasteiger partial charge in [-0.05, 0) is 18.6 Å².